The minimum absolute atomic E-state index is 0.0134. The van der Waals surface area contributed by atoms with Gasteiger partial charge in [0.1, 0.15) is 4.75 Å². The van der Waals surface area contributed by atoms with Gasteiger partial charge in [0.15, 0.2) is 15.6 Å². The van der Waals surface area contributed by atoms with Crippen molar-refractivity contribution in [3.8, 4) is 11.1 Å². The first kappa shape index (κ1) is 27.2. The van der Waals surface area contributed by atoms with Gasteiger partial charge in [0, 0.05) is 38.9 Å². The number of morpholine rings is 1. The van der Waals surface area contributed by atoms with Gasteiger partial charge in [-0.1, -0.05) is 37.3 Å². The first-order valence-corrected chi connectivity index (χ1v) is 14.6. The van der Waals surface area contributed by atoms with Gasteiger partial charge in [0.2, 0.25) is 0 Å². The van der Waals surface area contributed by atoms with E-state index in [0.29, 0.717) is 10.9 Å². The molecule has 37 heavy (non-hydrogen) atoms. The van der Waals surface area contributed by atoms with E-state index < -0.39 is 14.6 Å². The molecule has 1 saturated heterocycles. The number of rotatable bonds is 9. The van der Waals surface area contributed by atoms with E-state index in [1.54, 1.807) is 13.0 Å². The molecule has 0 aliphatic carbocycles. The summed E-state index contributed by atoms with van der Waals surface area (Å²) >= 11 is 0. The maximum absolute atomic E-state index is 13.2. The minimum Gasteiger partial charge on any atom is -0.379 e. The molecule has 8 nitrogen and oxygen atoms in total. The third-order valence-electron chi connectivity index (χ3n) is 7.58. The van der Waals surface area contributed by atoms with Crippen LogP contribution in [0.15, 0.2) is 47.5 Å². The molecule has 1 aliphatic heterocycles. The van der Waals surface area contributed by atoms with Crippen molar-refractivity contribution >= 4 is 26.5 Å². The number of carbonyl (C=O) groups excluding carboxylic acids is 1. The van der Waals surface area contributed by atoms with Gasteiger partial charge in [0.05, 0.1) is 30.4 Å². The summed E-state index contributed by atoms with van der Waals surface area (Å²) in [5, 5.41) is 0.468. The Morgan fingerprint density at radius 3 is 2.41 bits per heavy atom. The number of hydrogen-bond acceptors (Lipinski definition) is 7. The number of nitrogens with zero attached hydrogens (tertiary/aromatic N) is 3. The Hall–Kier alpha value is -2.88. The lowest BCUT2D eigenvalue weighted by atomic mass is 9.97. The zero-order valence-corrected chi connectivity index (χ0v) is 22.8. The minimum atomic E-state index is -3.65. The third kappa shape index (κ3) is 5.54. The predicted molar refractivity (Wildman–Crippen MR) is 145 cm³/mol. The maximum Gasteiger partial charge on any atom is 0.261 e. The van der Waals surface area contributed by atoms with Gasteiger partial charge in [-0.25, -0.2) is 13.4 Å². The lowest BCUT2D eigenvalue weighted by molar-refractivity contribution is -0.121. The SMILES string of the molecule is CCC(=O)[C@@](C)(CCn1cnc2c(C)c(-c3ccc(CN4CCOCC4)cc3)ccc2c1=O)S(C)(=O)=O. The average molecular weight is 526 g/mol. The van der Waals surface area contributed by atoms with Gasteiger partial charge in [-0.05, 0) is 48.6 Å². The van der Waals surface area contributed by atoms with E-state index in [4.69, 9.17) is 4.74 Å². The van der Waals surface area contributed by atoms with Crippen LogP contribution >= 0.6 is 0 Å². The van der Waals surface area contributed by atoms with Crippen LogP contribution in [0.4, 0.5) is 0 Å². The van der Waals surface area contributed by atoms with Crippen molar-refractivity contribution in [2.45, 2.75) is 51.4 Å². The first-order valence-electron chi connectivity index (χ1n) is 12.7. The van der Waals surface area contributed by atoms with Crippen molar-refractivity contribution in [2.75, 3.05) is 32.6 Å². The second-order valence-electron chi connectivity index (χ2n) is 9.99. The van der Waals surface area contributed by atoms with Crippen molar-refractivity contribution in [1.82, 2.24) is 14.5 Å². The van der Waals surface area contributed by atoms with Gasteiger partial charge in [0.25, 0.3) is 5.56 Å². The number of sulfone groups is 1. The fraction of sp³-hybridized carbons (Fsp3) is 0.464. The number of carbonyl (C=O) groups is 1. The predicted octanol–water partition coefficient (Wildman–Crippen LogP) is 3.38. The molecule has 1 aromatic heterocycles. The lowest BCUT2D eigenvalue weighted by Gasteiger charge is -2.26. The molecule has 0 spiro atoms. The Bertz CT molecular complexity index is 1460. The number of benzene rings is 2. The number of aryl methyl sites for hydroxylation is 2. The topological polar surface area (TPSA) is 98.6 Å². The highest BCUT2D eigenvalue weighted by molar-refractivity contribution is 7.92. The molecule has 2 heterocycles. The van der Waals surface area contributed by atoms with Crippen LogP contribution in [0.3, 0.4) is 0 Å². The second kappa shape index (κ2) is 10.8. The Balaban J connectivity index is 1.58. The van der Waals surface area contributed by atoms with E-state index in [1.165, 1.54) is 23.4 Å². The standard InChI is InChI=1S/C28H35N3O5S/c1-5-25(32)28(3,37(4,34)35)12-13-31-19-29-26-20(2)23(10-11-24(26)27(31)33)22-8-6-21(7-9-22)18-30-14-16-36-17-15-30/h6-11,19H,5,12-18H2,1-4H3/t28-/m1/s1. The number of ether oxygens (including phenoxy) is 1. The van der Waals surface area contributed by atoms with E-state index in [0.717, 1.165) is 55.8 Å². The molecule has 0 amide bonds. The summed E-state index contributed by atoms with van der Waals surface area (Å²) < 4.78 is 30.0. The Kier molecular flexibility index (Phi) is 7.96. The molecular formula is C28H35N3O5S. The molecule has 0 bridgehead atoms. The molecule has 0 N–H and O–H groups in total. The van der Waals surface area contributed by atoms with Crippen LogP contribution in [0.1, 0.15) is 37.8 Å². The molecule has 198 valence electrons. The highest BCUT2D eigenvalue weighted by atomic mass is 32.2. The van der Waals surface area contributed by atoms with Crippen LogP contribution in [0.25, 0.3) is 22.0 Å². The molecule has 0 saturated carbocycles. The van der Waals surface area contributed by atoms with E-state index in [2.05, 4.69) is 34.1 Å². The van der Waals surface area contributed by atoms with Gasteiger partial charge in [-0.3, -0.25) is 19.1 Å². The van der Waals surface area contributed by atoms with Crippen molar-refractivity contribution in [3.05, 3.63) is 64.2 Å². The largest absolute Gasteiger partial charge is 0.379 e. The second-order valence-corrected chi connectivity index (χ2v) is 12.4. The van der Waals surface area contributed by atoms with Crippen molar-refractivity contribution in [1.29, 1.82) is 0 Å². The van der Waals surface area contributed by atoms with Gasteiger partial charge in [-0.15, -0.1) is 0 Å². The summed E-state index contributed by atoms with van der Waals surface area (Å²) in [5.41, 5.74) is 4.58. The summed E-state index contributed by atoms with van der Waals surface area (Å²) in [7, 11) is -3.65. The van der Waals surface area contributed by atoms with Crippen LogP contribution < -0.4 is 5.56 Å². The molecule has 2 aromatic carbocycles. The summed E-state index contributed by atoms with van der Waals surface area (Å²) in [5.74, 6) is -0.353. The highest BCUT2D eigenvalue weighted by Gasteiger charge is 2.41. The smallest absolute Gasteiger partial charge is 0.261 e. The number of fused-ring (bicyclic) bond motifs is 1. The summed E-state index contributed by atoms with van der Waals surface area (Å²) in [6, 6.07) is 12.2. The van der Waals surface area contributed by atoms with Gasteiger partial charge in [-0.2, -0.15) is 0 Å². The molecular weight excluding hydrogens is 490 g/mol. The zero-order valence-electron chi connectivity index (χ0n) is 22.0. The van der Waals surface area contributed by atoms with Crippen LogP contribution in [-0.2, 0) is 32.5 Å². The Labute approximate surface area is 218 Å². The normalized spacial score (nSPS) is 16.5. The monoisotopic (exact) mass is 525 g/mol. The van der Waals surface area contributed by atoms with Crippen molar-refractivity contribution < 1.29 is 17.9 Å². The van der Waals surface area contributed by atoms with Gasteiger partial charge >= 0.3 is 0 Å². The number of ketones is 1. The molecule has 1 atom stereocenters. The summed E-state index contributed by atoms with van der Waals surface area (Å²) in [6.07, 6.45) is 2.65. The maximum atomic E-state index is 13.2. The van der Waals surface area contributed by atoms with E-state index in [9.17, 15) is 18.0 Å². The van der Waals surface area contributed by atoms with Crippen LogP contribution in [0.5, 0.6) is 0 Å². The zero-order chi connectivity index (χ0) is 26.8. The molecule has 9 heteroatoms. The lowest BCUT2D eigenvalue weighted by Crippen LogP contribution is -2.44. The quantitative estimate of drug-likeness (QED) is 0.422. The van der Waals surface area contributed by atoms with E-state index >= 15 is 0 Å². The number of aromatic nitrogens is 2. The fourth-order valence-corrected chi connectivity index (χ4v) is 5.91. The van der Waals surface area contributed by atoms with E-state index in [1.807, 2.05) is 13.0 Å². The number of hydrogen-bond donors (Lipinski definition) is 0. The van der Waals surface area contributed by atoms with Crippen LogP contribution in [0, 0.1) is 6.92 Å². The van der Waals surface area contributed by atoms with Crippen molar-refractivity contribution in [2.24, 2.45) is 0 Å². The molecule has 1 aliphatic rings. The van der Waals surface area contributed by atoms with Crippen molar-refractivity contribution in [3.63, 3.8) is 0 Å². The number of Topliss-reactive ketones (excluding diaryl/α,β-unsaturated/α-hetero) is 1. The molecule has 1 fully saturated rings. The molecule has 3 aromatic rings. The average Bonchev–Trinajstić information content (AvgIpc) is 2.88. The summed E-state index contributed by atoms with van der Waals surface area (Å²) in [4.78, 5) is 32.6. The molecule has 0 unspecified atom stereocenters. The van der Waals surface area contributed by atoms with E-state index in [-0.39, 0.29) is 30.7 Å². The van der Waals surface area contributed by atoms with Crippen LogP contribution in [-0.4, -0.2) is 66.0 Å². The van der Waals surface area contributed by atoms with Gasteiger partial charge < -0.3 is 4.74 Å². The highest BCUT2D eigenvalue weighted by Crippen LogP contribution is 2.29. The Morgan fingerprint density at radius 1 is 1.11 bits per heavy atom. The summed E-state index contributed by atoms with van der Waals surface area (Å²) in [6.45, 7) is 9.45. The molecule has 4 rings (SSSR count). The van der Waals surface area contributed by atoms with Crippen LogP contribution in [0.2, 0.25) is 0 Å². The Morgan fingerprint density at radius 2 is 1.78 bits per heavy atom. The third-order valence-corrected chi connectivity index (χ3v) is 9.65. The fourth-order valence-electron chi connectivity index (χ4n) is 4.89. The molecule has 0 radical (unpaired) electrons. The first-order chi connectivity index (χ1) is 17.5.